The Balaban J connectivity index is 2.08. The van der Waals surface area contributed by atoms with Crippen LogP contribution in [-0.4, -0.2) is 29.6 Å². The summed E-state index contributed by atoms with van der Waals surface area (Å²) in [6.07, 6.45) is 1.26. The molecule has 1 atom stereocenters. The normalized spacial score (nSPS) is 23.2. The molecule has 1 N–H and O–H groups in total. The van der Waals surface area contributed by atoms with Crippen molar-refractivity contribution in [1.29, 1.82) is 0 Å². The van der Waals surface area contributed by atoms with Crippen molar-refractivity contribution in [2.24, 2.45) is 5.92 Å². The molecule has 1 aliphatic rings. The molecule has 0 amide bonds. The van der Waals surface area contributed by atoms with E-state index >= 15 is 0 Å². The van der Waals surface area contributed by atoms with Crippen LogP contribution in [0.1, 0.15) is 39.7 Å². The van der Waals surface area contributed by atoms with Crippen LogP contribution in [0.3, 0.4) is 0 Å². The van der Waals surface area contributed by atoms with Crippen molar-refractivity contribution in [1.82, 2.24) is 10.2 Å². The lowest BCUT2D eigenvalue weighted by Crippen LogP contribution is -2.61. The van der Waals surface area contributed by atoms with Gasteiger partial charge in [0.1, 0.15) is 0 Å². The van der Waals surface area contributed by atoms with Gasteiger partial charge in [-0.25, -0.2) is 0 Å². The molecule has 0 bridgehead atoms. The lowest BCUT2D eigenvalue weighted by molar-refractivity contribution is 0.0760. The van der Waals surface area contributed by atoms with E-state index in [0.29, 0.717) is 6.04 Å². The molecule has 1 fully saturated rings. The second-order valence-electron chi connectivity index (χ2n) is 7.08. The summed E-state index contributed by atoms with van der Waals surface area (Å²) in [5.41, 5.74) is 1.61. The average Bonchev–Trinajstić information content (AvgIpc) is 2.35. The summed E-state index contributed by atoms with van der Waals surface area (Å²) in [6, 6.07) is 9.38. The minimum Gasteiger partial charge on any atom is -0.309 e. The van der Waals surface area contributed by atoms with E-state index in [-0.39, 0.29) is 5.54 Å². The zero-order chi connectivity index (χ0) is 14.8. The summed E-state index contributed by atoms with van der Waals surface area (Å²) >= 11 is 3.51. The number of nitrogens with zero attached hydrogens (tertiary/aromatic N) is 1. The van der Waals surface area contributed by atoms with Crippen molar-refractivity contribution < 1.29 is 0 Å². The number of hydrogen-bond acceptors (Lipinski definition) is 2. The number of piperazine rings is 1. The lowest BCUT2D eigenvalue weighted by atomic mass is 9.93. The molecule has 0 aliphatic carbocycles. The van der Waals surface area contributed by atoms with Crippen molar-refractivity contribution in [3.05, 3.63) is 34.3 Å². The number of nitrogens with one attached hydrogen (secondary N) is 1. The number of rotatable bonds is 4. The van der Waals surface area contributed by atoms with Gasteiger partial charge in [0.2, 0.25) is 0 Å². The van der Waals surface area contributed by atoms with Crippen LogP contribution >= 0.6 is 15.9 Å². The first-order valence-corrected chi connectivity index (χ1v) is 8.38. The van der Waals surface area contributed by atoms with E-state index in [4.69, 9.17) is 0 Å². The molecular formula is C17H27BrN2. The molecule has 1 heterocycles. The van der Waals surface area contributed by atoms with Crippen LogP contribution < -0.4 is 5.32 Å². The SMILES string of the molecule is CC(C)CC1CNC(C)(C)CN1Cc1ccc(Br)cc1. The van der Waals surface area contributed by atoms with E-state index in [1.54, 1.807) is 0 Å². The molecule has 1 aromatic rings. The van der Waals surface area contributed by atoms with Crippen molar-refractivity contribution in [2.45, 2.75) is 52.2 Å². The second-order valence-corrected chi connectivity index (χ2v) is 8.00. The monoisotopic (exact) mass is 338 g/mol. The minimum atomic E-state index is 0.211. The molecule has 0 spiro atoms. The average molecular weight is 339 g/mol. The fourth-order valence-corrected chi connectivity index (χ4v) is 3.27. The molecule has 0 radical (unpaired) electrons. The van der Waals surface area contributed by atoms with E-state index in [1.165, 1.54) is 12.0 Å². The Hall–Kier alpha value is -0.380. The number of halogens is 1. The third-order valence-electron chi connectivity index (χ3n) is 3.97. The Morgan fingerprint density at radius 2 is 1.95 bits per heavy atom. The first-order valence-electron chi connectivity index (χ1n) is 7.59. The minimum absolute atomic E-state index is 0.211. The van der Waals surface area contributed by atoms with Crippen LogP contribution in [0.25, 0.3) is 0 Å². The summed E-state index contributed by atoms with van der Waals surface area (Å²) in [4.78, 5) is 2.65. The van der Waals surface area contributed by atoms with Crippen molar-refractivity contribution in [3.63, 3.8) is 0 Å². The van der Waals surface area contributed by atoms with E-state index in [2.05, 4.69) is 78.1 Å². The van der Waals surface area contributed by atoms with Gasteiger partial charge in [0.15, 0.2) is 0 Å². The maximum absolute atomic E-state index is 3.69. The van der Waals surface area contributed by atoms with Gasteiger partial charge in [0.25, 0.3) is 0 Å². The van der Waals surface area contributed by atoms with Crippen LogP contribution in [-0.2, 0) is 6.54 Å². The second kappa shape index (κ2) is 6.59. The van der Waals surface area contributed by atoms with Gasteiger partial charge in [-0.05, 0) is 43.9 Å². The van der Waals surface area contributed by atoms with E-state index < -0.39 is 0 Å². The van der Waals surface area contributed by atoms with Gasteiger partial charge in [0.05, 0.1) is 0 Å². The first kappa shape index (κ1) is 16.0. The van der Waals surface area contributed by atoms with Gasteiger partial charge in [-0.15, -0.1) is 0 Å². The molecule has 1 aromatic carbocycles. The molecule has 20 heavy (non-hydrogen) atoms. The predicted molar refractivity (Wildman–Crippen MR) is 89.9 cm³/mol. The van der Waals surface area contributed by atoms with Gasteiger partial charge < -0.3 is 5.32 Å². The topological polar surface area (TPSA) is 15.3 Å². The van der Waals surface area contributed by atoms with E-state index in [0.717, 1.165) is 30.0 Å². The third-order valence-corrected chi connectivity index (χ3v) is 4.50. The fraction of sp³-hybridized carbons (Fsp3) is 0.647. The zero-order valence-corrected chi connectivity index (χ0v) is 14.7. The van der Waals surface area contributed by atoms with Gasteiger partial charge in [-0.1, -0.05) is 41.9 Å². The van der Waals surface area contributed by atoms with Gasteiger partial charge in [0, 0.05) is 35.7 Å². The summed E-state index contributed by atoms with van der Waals surface area (Å²) < 4.78 is 1.15. The Labute approximate surface area is 132 Å². The van der Waals surface area contributed by atoms with Gasteiger partial charge in [-0.3, -0.25) is 4.90 Å². The van der Waals surface area contributed by atoms with E-state index in [1.807, 2.05) is 0 Å². The highest BCUT2D eigenvalue weighted by Crippen LogP contribution is 2.23. The van der Waals surface area contributed by atoms with Crippen LogP contribution in [0.4, 0.5) is 0 Å². The van der Waals surface area contributed by atoms with Gasteiger partial charge >= 0.3 is 0 Å². The third kappa shape index (κ3) is 4.57. The first-order chi connectivity index (χ1) is 9.35. The molecule has 0 aromatic heterocycles. The van der Waals surface area contributed by atoms with Crippen LogP contribution in [0, 0.1) is 5.92 Å². The summed E-state index contributed by atoms with van der Waals surface area (Å²) in [5.74, 6) is 0.746. The fourth-order valence-electron chi connectivity index (χ4n) is 3.00. The van der Waals surface area contributed by atoms with Crippen LogP contribution in [0.2, 0.25) is 0 Å². The molecule has 112 valence electrons. The standard InChI is InChI=1S/C17H27BrN2/c1-13(2)9-16-10-19-17(3,4)12-20(16)11-14-5-7-15(18)8-6-14/h5-8,13,16,19H,9-12H2,1-4H3. The lowest BCUT2D eigenvalue weighted by Gasteiger charge is -2.45. The largest absolute Gasteiger partial charge is 0.309 e. The summed E-state index contributed by atoms with van der Waals surface area (Å²) in [7, 11) is 0. The maximum Gasteiger partial charge on any atom is 0.0253 e. The Morgan fingerprint density at radius 3 is 2.55 bits per heavy atom. The van der Waals surface area contributed by atoms with Gasteiger partial charge in [-0.2, -0.15) is 0 Å². The Bertz CT molecular complexity index is 425. The maximum atomic E-state index is 3.69. The van der Waals surface area contributed by atoms with Crippen LogP contribution in [0.5, 0.6) is 0 Å². The number of hydrogen-bond donors (Lipinski definition) is 1. The number of benzene rings is 1. The van der Waals surface area contributed by atoms with E-state index in [9.17, 15) is 0 Å². The molecule has 1 saturated heterocycles. The molecule has 1 aliphatic heterocycles. The molecular weight excluding hydrogens is 312 g/mol. The molecule has 2 rings (SSSR count). The highest BCUT2D eigenvalue weighted by Gasteiger charge is 2.32. The predicted octanol–water partition coefficient (Wildman–Crippen LogP) is 4.05. The molecule has 2 nitrogen and oxygen atoms in total. The summed E-state index contributed by atoms with van der Waals surface area (Å²) in [6.45, 7) is 12.5. The Kier molecular flexibility index (Phi) is 5.27. The molecule has 1 unspecified atom stereocenters. The van der Waals surface area contributed by atoms with Crippen molar-refractivity contribution in [3.8, 4) is 0 Å². The smallest absolute Gasteiger partial charge is 0.0253 e. The zero-order valence-electron chi connectivity index (χ0n) is 13.1. The Morgan fingerprint density at radius 1 is 1.30 bits per heavy atom. The molecule has 0 saturated carbocycles. The van der Waals surface area contributed by atoms with Crippen molar-refractivity contribution in [2.75, 3.05) is 13.1 Å². The van der Waals surface area contributed by atoms with Crippen molar-refractivity contribution >= 4 is 15.9 Å². The molecule has 3 heteroatoms. The highest BCUT2D eigenvalue weighted by atomic mass is 79.9. The summed E-state index contributed by atoms with van der Waals surface area (Å²) in [5, 5.41) is 3.69. The highest BCUT2D eigenvalue weighted by molar-refractivity contribution is 9.10. The quantitative estimate of drug-likeness (QED) is 0.890. The van der Waals surface area contributed by atoms with Crippen LogP contribution in [0.15, 0.2) is 28.7 Å².